The van der Waals surface area contributed by atoms with Gasteiger partial charge in [0.25, 0.3) is 5.91 Å². The van der Waals surface area contributed by atoms with Crippen LogP contribution in [-0.2, 0) is 4.79 Å². The Bertz CT molecular complexity index is 1310. The van der Waals surface area contributed by atoms with E-state index in [-0.39, 0.29) is 17.9 Å². The van der Waals surface area contributed by atoms with Crippen LogP contribution in [0.4, 0.5) is 5.69 Å². The molecular formula is C33H42N4O2S. The third-order valence-electron chi connectivity index (χ3n) is 8.11. The maximum Gasteiger partial charge on any atom is 0.254 e. The van der Waals surface area contributed by atoms with Crippen molar-refractivity contribution in [1.82, 2.24) is 15.1 Å². The maximum absolute atomic E-state index is 13.9. The van der Waals surface area contributed by atoms with Crippen molar-refractivity contribution < 1.29 is 9.59 Å². The van der Waals surface area contributed by atoms with Crippen molar-refractivity contribution in [1.29, 1.82) is 0 Å². The third-order valence-corrected chi connectivity index (χ3v) is 9.06. The van der Waals surface area contributed by atoms with Crippen molar-refractivity contribution in [3.63, 3.8) is 0 Å². The van der Waals surface area contributed by atoms with Crippen LogP contribution >= 0.6 is 11.3 Å². The molecule has 0 bridgehead atoms. The Balaban J connectivity index is 1.23. The van der Waals surface area contributed by atoms with Gasteiger partial charge in [0, 0.05) is 54.9 Å². The largest absolute Gasteiger partial charge is 0.366 e. The fourth-order valence-corrected chi connectivity index (χ4v) is 7.17. The summed E-state index contributed by atoms with van der Waals surface area (Å²) < 4.78 is 0. The first-order valence-electron chi connectivity index (χ1n) is 14.6. The van der Waals surface area contributed by atoms with Crippen molar-refractivity contribution in [2.75, 3.05) is 44.2 Å². The lowest BCUT2D eigenvalue weighted by Crippen LogP contribution is -2.52. The average molecular weight is 559 g/mol. The van der Waals surface area contributed by atoms with Gasteiger partial charge < -0.3 is 15.1 Å². The van der Waals surface area contributed by atoms with E-state index in [9.17, 15) is 9.59 Å². The van der Waals surface area contributed by atoms with Crippen LogP contribution in [0.1, 0.15) is 65.5 Å². The van der Waals surface area contributed by atoms with Gasteiger partial charge in [-0.2, -0.15) is 0 Å². The molecule has 3 heterocycles. The number of amides is 2. The number of thiophene rings is 1. The van der Waals surface area contributed by atoms with E-state index in [2.05, 4.69) is 73.1 Å². The number of rotatable bonds is 9. The zero-order valence-corrected chi connectivity index (χ0v) is 25.0. The first kappa shape index (κ1) is 28.4. The normalized spacial score (nSPS) is 21.5. The molecule has 6 nitrogen and oxygen atoms in total. The zero-order chi connectivity index (χ0) is 28.2. The molecule has 0 radical (unpaired) electrons. The third kappa shape index (κ3) is 6.11. The second-order valence-corrected chi connectivity index (χ2v) is 12.7. The molecule has 1 saturated heterocycles. The quantitative estimate of drug-likeness (QED) is 0.342. The van der Waals surface area contributed by atoms with Gasteiger partial charge >= 0.3 is 0 Å². The molecule has 3 aromatic rings. The van der Waals surface area contributed by atoms with E-state index in [4.69, 9.17) is 0 Å². The predicted octanol–water partition coefficient (Wildman–Crippen LogP) is 5.71. The van der Waals surface area contributed by atoms with E-state index in [0.717, 1.165) is 43.0 Å². The van der Waals surface area contributed by atoms with Gasteiger partial charge in [0.15, 0.2) is 0 Å². The van der Waals surface area contributed by atoms with Gasteiger partial charge in [0.2, 0.25) is 5.91 Å². The Labute approximate surface area is 243 Å². The van der Waals surface area contributed by atoms with Crippen LogP contribution in [0.5, 0.6) is 0 Å². The van der Waals surface area contributed by atoms with Gasteiger partial charge in [-0.05, 0) is 73.5 Å². The number of aryl methyl sites for hydroxylation is 1. The molecule has 0 saturated carbocycles. The molecule has 1 fully saturated rings. The topological polar surface area (TPSA) is 55.9 Å². The number of benzene rings is 2. The molecule has 212 valence electrons. The van der Waals surface area contributed by atoms with Crippen LogP contribution in [0.25, 0.3) is 0 Å². The highest BCUT2D eigenvalue weighted by Gasteiger charge is 2.44. The van der Waals surface area contributed by atoms with Crippen molar-refractivity contribution in [3.05, 3.63) is 87.6 Å². The first-order chi connectivity index (χ1) is 19.3. The first-order valence-corrected chi connectivity index (χ1v) is 15.5. The fraction of sp³-hybridized carbons (Fsp3) is 0.455. The summed E-state index contributed by atoms with van der Waals surface area (Å²) in [6.07, 6.45) is 0.898. The Morgan fingerprint density at radius 1 is 1.07 bits per heavy atom. The van der Waals surface area contributed by atoms with Crippen LogP contribution in [0.15, 0.2) is 66.0 Å². The van der Waals surface area contributed by atoms with Crippen molar-refractivity contribution in [3.8, 4) is 0 Å². The molecular weight excluding hydrogens is 516 g/mol. The highest BCUT2D eigenvalue weighted by atomic mass is 32.1. The Morgan fingerprint density at radius 2 is 1.90 bits per heavy atom. The van der Waals surface area contributed by atoms with Crippen molar-refractivity contribution in [2.45, 2.75) is 52.1 Å². The van der Waals surface area contributed by atoms with Crippen LogP contribution < -0.4 is 10.2 Å². The molecule has 0 aliphatic carbocycles. The smallest absolute Gasteiger partial charge is 0.254 e. The van der Waals surface area contributed by atoms with Crippen LogP contribution in [0.3, 0.4) is 0 Å². The Kier molecular flexibility index (Phi) is 8.91. The number of piperazine rings is 1. The van der Waals surface area contributed by atoms with Gasteiger partial charge in [-0.1, -0.05) is 50.2 Å². The van der Waals surface area contributed by atoms with Gasteiger partial charge in [0.05, 0.1) is 12.0 Å². The van der Waals surface area contributed by atoms with E-state index in [0.29, 0.717) is 30.6 Å². The van der Waals surface area contributed by atoms with E-state index < -0.39 is 5.92 Å². The molecule has 1 aromatic heterocycles. The minimum Gasteiger partial charge on any atom is -0.366 e. The molecule has 2 aliphatic rings. The number of hydrogen-bond donors (Lipinski definition) is 1. The monoisotopic (exact) mass is 558 g/mol. The predicted molar refractivity (Wildman–Crippen MR) is 164 cm³/mol. The highest BCUT2D eigenvalue weighted by molar-refractivity contribution is 7.10. The van der Waals surface area contributed by atoms with Gasteiger partial charge in [-0.15, -0.1) is 11.3 Å². The van der Waals surface area contributed by atoms with Gasteiger partial charge in [-0.3, -0.25) is 14.5 Å². The lowest BCUT2D eigenvalue weighted by atomic mass is 9.81. The van der Waals surface area contributed by atoms with E-state index in [1.54, 1.807) is 11.3 Å². The summed E-state index contributed by atoms with van der Waals surface area (Å²) in [6, 6.07) is 20.6. The van der Waals surface area contributed by atoms with E-state index in [1.165, 1.54) is 11.3 Å². The van der Waals surface area contributed by atoms with Gasteiger partial charge in [-0.25, -0.2) is 0 Å². The molecule has 0 spiro atoms. The van der Waals surface area contributed by atoms with Crippen LogP contribution in [0, 0.1) is 12.8 Å². The molecule has 1 N–H and O–H groups in total. The molecule has 5 rings (SSSR count). The number of nitrogens with one attached hydrogen (secondary N) is 1. The minimum atomic E-state index is -0.427. The van der Waals surface area contributed by atoms with E-state index >= 15 is 0 Å². The Hall–Kier alpha value is -3.16. The number of hydrogen-bond acceptors (Lipinski definition) is 5. The number of fused-ring (bicyclic) bond motifs is 1. The number of anilines is 1. The summed E-state index contributed by atoms with van der Waals surface area (Å²) in [4.78, 5) is 35.5. The number of carbonyl (C=O) groups is 2. The number of carbonyl (C=O) groups excluding carboxylic acids is 2. The molecule has 2 aromatic carbocycles. The maximum atomic E-state index is 13.9. The summed E-state index contributed by atoms with van der Waals surface area (Å²) in [7, 11) is 0. The summed E-state index contributed by atoms with van der Waals surface area (Å²) in [6.45, 7) is 13.9. The lowest BCUT2D eigenvalue weighted by molar-refractivity contribution is -0.124. The summed E-state index contributed by atoms with van der Waals surface area (Å²) in [5.74, 6) is -0.103. The second kappa shape index (κ2) is 12.6. The lowest BCUT2D eigenvalue weighted by Gasteiger charge is -2.42. The zero-order valence-electron chi connectivity index (χ0n) is 24.2. The van der Waals surface area contributed by atoms with Gasteiger partial charge in [0.1, 0.15) is 0 Å². The molecule has 7 heteroatoms. The molecule has 2 amide bonds. The molecule has 0 unspecified atom stereocenters. The molecule has 3 atom stereocenters. The fourth-order valence-electron chi connectivity index (χ4n) is 6.30. The summed E-state index contributed by atoms with van der Waals surface area (Å²) in [5, 5.41) is 5.29. The summed E-state index contributed by atoms with van der Waals surface area (Å²) >= 11 is 1.62. The summed E-state index contributed by atoms with van der Waals surface area (Å²) in [5.41, 5.74) is 4.08. The van der Waals surface area contributed by atoms with Crippen molar-refractivity contribution >= 4 is 28.8 Å². The molecule has 2 aliphatic heterocycles. The number of nitrogens with zero attached hydrogens (tertiary/aromatic N) is 3. The average Bonchev–Trinajstić information content (AvgIpc) is 3.47. The minimum absolute atomic E-state index is 0.00439. The SMILES string of the molecule is Cc1cccc(N2CCN(CCCNC(=O)[C@@H]3c4ccccc4C(=O)N(CC(C)C)[C@H]3c3cccs3)C[C@H]2C)c1. The second-order valence-electron chi connectivity index (χ2n) is 11.7. The van der Waals surface area contributed by atoms with Crippen molar-refractivity contribution in [2.24, 2.45) is 5.92 Å². The highest BCUT2D eigenvalue weighted by Crippen LogP contribution is 2.44. The van der Waals surface area contributed by atoms with E-state index in [1.807, 2.05) is 40.6 Å². The van der Waals surface area contributed by atoms with Crippen LogP contribution in [-0.4, -0.2) is 66.9 Å². The Morgan fingerprint density at radius 3 is 2.62 bits per heavy atom. The van der Waals surface area contributed by atoms with Crippen LogP contribution in [0.2, 0.25) is 0 Å². The standard InChI is InChI=1S/C33H42N4O2S/c1-23(2)21-37-31(29-14-8-19-40-29)30(27-12-5-6-13-28(27)33(37)39)32(38)34-15-9-16-35-17-18-36(25(4)22-35)26-11-7-10-24(3)20-26/h5-8,10-14,19-20,23,25,30-31H,9,15-18,21-22H2,1-4H3,(H,34,38)/t25-,30-,31+/m1/s1. The molecule has 40 heavy (non-hydrogen) atoms.